The average Bonchev–Trinajstić information content (AvgIpc) is 3.38. The Hall–Kier alpha value is -5.07. The molecular formula is C37H45N5O8. The number of aromatic nitrogens is 2. The minimum absolute atomic E-state index is 0.0334. The number of carboxylic acids is 1. The standard InChI is InChI=1S/C37H45N5O8/c1-36(2,3)50-35(47)39-27-13-9-7-5-6-8-12-23-21-37(23,34(45)46)40-32(43)29-19-25(22-42(29)33(27)44)49-30-20-31(41-16-10-11-17-41)38-28-18-24(48-4)14-15-26(28)30/h8,10-12,14-18,20,23,25,27,29H,5-7,9,13,19,21-22H2,1-4H3,(H,39,47)(H,40,43)(H,45,46)/b12-8-/t23-,25-,27+,29+,37-/m1/s1. The zero-order valence-electron chi connectivity index (χ0n) is 28.9. The van der Waals surface area contributed by atoms with Gasteiger partial charge in [-0.25, -0.2) is 14.6 Å². The number of benzene rings is 1. The summed E-state index contributed by atoms with van der Waals surface area (Å²) in [5.74, 6) is -0.770. The van der Waals surface area contributed by atoms with Gasteiger partial charge in [-0.1, -0.05) is 25.0 Å². The first-order valence-electron chi connectivity index (χ1n) is 17.2. The van der Waals surface area contributed by atoms with Crippen LogP contribution in [0.4, 0.5) is 4.79 Å². The molecule has 6 rings (SSSR count). The molecule has 1 saturated heterocycles. The molecule has 2 aromatic heterocycles. The maximum atomic E-state index is 14.4. The van der Waals surface area contributed by atoms with E-state index in [1.54, 1.807) is 40.0 Å². The molecule has 13 heteroatoms. The van der Waals surface area contributed by atoms with Gasteiger partial charge in [0.15, 0.2) is 0 Å². The second-order valence-corrected chi connectivity index (χ2v) is 14.3. The van der Waals surface area contributed by atoms with E-state index < -0.39 is 53.2 Å². The van der Waals surface area contributed by atoms with Crippen molar-refractivity contribution in [1.82, 2.24) is 25.1 Å². The van der Waals surface area contributed by atoms with Gasteiger partial charge in [0.25, 0.3) is 0 Å². The Balaban J connectivity index is 1.34. The van der Waals surface area contributed by atoms with Gasteiger partial charge in [0.05, 0.1) is 19.2 Å². The number of carbonyl (C=O) groups excluding carboxylic acids is 3. The van der Waals surface area contributed by atoms with E-state index in [0.717, 1.165) is 19.3 Å². The first-order chi connectivity index (χ1) is 23.9. The molecule has 0 radical (unpaired) electrons. The highest BCUT2D eigenvalue weighted by molar-refractivity contribution is 5.96. The molecule has 2 aliphatic heterocycles. The summed E-state index contributed by atoms with van der Waals surface area (Å²) in [7, 11) is 1.58. The van der Waals surface area contributed by atoms with Gasteiger partial charge in [-0.2, -0.15) is 0 Å². The van der Waals surface area contributed by atoms with E-state index in [4.69, 9.17) is 19.2 Å². The summed E-state index contributed by atoms with van der Waals surface area (Å²) in [6.45, 7) is 5.26. The molecule has 1 aliphatic carbocycles. The van der Waals surface area contributed by atoms with Crippen molar-refractivity contribution < 1.29 is 38.5 Å². The zero-order valence-corrected chi connectivity index (χ0v) is 28.9. The van der Waals surface area contributed by atoms with Crippen molar-refractivity contribution in [2.75, 3.05) is 13.7 Å². The van der Waals surface area contributed by atoms with Crippen LogP contribution >= 0.6 is 0 Å². The van der Waals surface area contributed by atoms with E-state index >= 15 is 0 Å². The van der Waals surface area contributed by atoms with Crippen LogP contribution < -0.4 is 20.1 Å². The van der Waals surface area contributed by atoms with Gasteiger partial charge in [0, 0.05) is 42.3 Å². The van der Waals surface area contributed by atoms with Crippen molar-refractivity contribution in [3.63, 3.8) is 0 Å². The molecule has 3 amide bonds. The molecular weight excluding hydrogens is 642 g/mol. The molecule has 4 heterocycles. The van der Waals surface area contributed by atoms with Gasteiger partial charge in [0.1, 0.15) is 46.6 Å². The number of nitrogens with zero attached hydrogens (tertiary/aromatic N) is 3. The third kappa shape index (κ3) is 7.56. The predicted octanol–water partition coefficient (Wildman–Crippen LogP) is 4.76. The zero-order chi connectivity index (χ0) is 35.6. The number of fused-ring (bicyclic) bond motifs is 3. The second kappa shape index (κ2) is 14.0. The van der Waals surface area contributed by atoms with Crippen LogP contribution in [0.15, 0.2) is 60.9 Å². The number of hydrogen-bond acceptors (Lipinski definition) is 8. The largest absolute Gasteiger partial charge is 0.497 e. The number of aliphatic carboxylic acids is 1. The number of amides is 3. The van der Waals surface area contributed by atoms with Gasteiger partial charge in [0.2, 0.25) is 11.8 Å². The lowest BCUT2D eigenvalue weighted by Crippen LogP contribution is -2.56. The monoisotopic (exact) mass is 687 g/mol. The molecule has 266 valence electrons. The van der Waals surface area contributed by atoms with Crippen molar-refractivity contribution in [2.24, 2.45) is 5.92 Å². The minimum Gasteiger partial charge on any atom is -0.497 e. The minimum atomic E-state index is -1.44. The summed E-state index contributed by atoms with van der Waals surface area (Å²) < 4.78 is 19.4. The van der Waals surface area contributed by atoms with Gasteiger partial charge < -0.3 is 39.4 Å². The Morgan fingerprint density at radius 2 is 1.88 bits per heavy atom. The number of methoxy groups -OCH3 is 1. The maximum Gasteiger partial charge on any atom is 0.408 e. The first kappa shape index (κ1) is 34.8. The third-order valence-corrected chi connectivity index (χ3v) is 9.44. The number of carbonyl (C=O) groups is 4. The Labute approximate surface area is 291 Å². The van der Waals surface area contributed by atoms with Gasteiger partial charge >= 0.3 is 12.1 Å². The molecule has 1 saturated carbocycles. The van der Waals surface area contributed by atoms with Gasteiger partial charge in [-0.3, -0.25) is 9.59 Å². The molecule has 50 heavy (non-hydrogen) atoms. The van der Waals surface area contributed by atoms with Crippen LogP contribution in [0.3, 0.4) is 0 Å². The lowest BCUT2D eigenvalue weighted by Gasteiger charge is -2.30. The number of nitrogens with one attached hydrogen (secondary N) is 2. The molecule has 13 nitrogen and oxygen atoms in total. The lowest BCUT2D eigenvalue weighted by atomic mass is 10.0. The summed E-state index contributed by atoms with van der Waals surface area (Å²) in [6.07, 6.45) is 9.94. The van der Waals surface area contributed by atoms with Crippen molar-refractivity contribution in [3.8, 4) is 17.3 Å². The number of pyridine rings is 1. The molecule has 0 unspecified atom stereocenters. The van der Waals surface area contributed by atoms with Gasteiger partial charge in [-0.05, 0) is 70.7 Å². The highest BCUT2D eigenvalue weighted by atomic mass is 16.6. The van der Waals surface area contributed by atoms with Gasteiger partial charge in [-0.15, -0.1) is 0 Å². The predicted molar refractivity (Wildman–Crippen MR) is 184 cm³/mol. The van der Waals surface area contributed by atoms with E-state index in [0.29, 0.717) is 41.1 Å². The Morgan fingerprint density at radius 3 is 2.60 bits per heavy atom. The molecule has 2 fully saturated rings. The van der Waals surface area contributed by atoms with Crippen LogP contribution in [-0.2, 0) is 19.1 Å². The number of rotatable bonds is 6. The summed E-state index contributed by atoms with van der Waals surface area (Å²) in [5.41, 5.74) is -1.59. The second-order valence-electron chi connectivity index (χ2n) is 14.3. The molecule has 0 spiro atoms. The average molecular weight is 688 g/mol. The first-order valence-corrected chi connectivity index (χ1v) is 17.2. The fraction of sp³-hybridized carbons (Fsp3) is 0.486. The Kier molecular flexibility index (Phi) is 9.77. The normalized spacial score (nSPS) is 26.4. The summed E-state index contributed by atoms with van der Waals surface area (Å²) in [6, 6.07) is 9.03. The van der Waals surface area contributed by atoms with Crippen LogP contribution in [0.25, 0.3) is 16.7 Å². The summed E-state index contributed by atoms with van der Waals surface area (Å²) in [5, 5.41) is 16.4. The van der Waals surface area contributed by atoms with E-state index in [2.05, 4.69) is 10.6 Å². The molecule has 0 bridgehead atoms. The number of hydrogen-bond donors (Lipinski definition) is 3. The Bertz CT molecular complexity index is 1780. The maximum absolute atomic E-state index is 14.4. The number of allylic oxidation sites excluding steroid dienone is 1. The third-order valence-electron chi connectivity index (χ3n) is 9.44. The van der Waals surface area contributed by atoms with Crippen molar-refractivity contribution in [1.29, 1.82) is 0 Å². The van der Waals surface area contributed by atoms with E-state index in [9.17, 15) is 24.3 Å². The summed E-state index contributed by atoms with van der Waals surface area (Å²) >= 11 is 0. The summed E-state index contributed by atoms with van der Waals surface area (Å²) in [4.78, 5) is 60.0. The molecule has 3 aromatic rings. The van der Waals surface area contributed by atoms with Crippen LogP contribution in [0, 0.1) is 5.92 Å². The van der Waals surface area contributed by atoms with Crippen LogP contribution in [-0.4, -0.2) is 86.4 Å². The van der Waals surface area contributed by atoms with Crippen LogP contribution in [0.1, 0.15) is 65.7 Å². The van der Waals surface area contributed by atoms with E-state index in [-0.39, 0.29) is 25.3 Å². The van der Waals surface area contributed by atoms with E-state index in [1.165, 1.54) is 4.90 Å². The molecule has 1 aromatic carbocycles. The topological polar surface area (TPSA) is 161 Å². The van der Waals surface area contributed by atoms with Crippen LogP contribution in [0.2, 0.25) is 0 Å². The van der Waals surface area contributed by atoms with Crippen LogP contribution in [0.5, 0.6) is 11.5 Å². The van der Waals surface area contributed by atoms with Crippen molar-refractivity contribution >= 4 is 34.8 Å². The molecule has 3 N–H and O–H groups in total. The van der Waals surface area contributed by atoms with Crippen molar-refractivity contribution in [3.05, 3.63) is 60.9 Å². The smallest absolute Gasteiger partial charge is 0.408 e. The van der Waals surface area contributed by atoms with Crippen molar-refractivity contribution in [2.45, 2.75) is 95.0 Å². The highest BCUT2D eigenvalue weighted by Gasteiger charge is 2.61. The molecule has 3 aliphatic rings. The van der Waals surface area contributed by atoms with E-state index in [1.807, 2.05) is 53.4 Å². The SMILES string of the molecule is COc1ccc2c(O[C@@H]3C[C@H]4C(=O)N[C@]5(C(=O)O)C[C@H]5/C=C\CCCCC[C@H](NC(=O)OC(C)(C)C)C(=O)N4C3)cc(-n3cccc3)nc2c1. The number of alkyl carbamates (subject to hydrolysis) is 1. The lowest BCUT2D eigenvalue weighted by molar-refractivity contribution is -0.145. The molecule has 5 atom stereocenters. The number of carboxylic acid groups (broad SMARTS) is 1. The number of ether oxygens (including phenoxy) is 3. The fourth-order valence-corrected chi connectivity index (χ4v) is 6.78. The fourth-order valence-electron chi connectivity index (χ4n) is 6.78. The highest BCUT2D eigenvalue weighted by Crippen LogP contribution is 2.45. The Morgan fingerprint density at radius 1 is 1.10 bits per heavy atom. The quantitative estimate of drug-likeness (QED) is 0.311.